The number of amides is 1. The van der Waals surface area contributed by atoms with Crippen LogP contribution in [0.3, 0.4) is 0 Å². The summed E-state index contributed by atoms with van der Waals surface area (Å²) in [6, 6.07) is 15.4. The van der Waals surface area contributed by atoms with E-state index in [4.69, 9.17) is 9.47 Å². The highest BCUT2D eigenvalue weighted by molar-refractivity contribution is 5.81. The molecule has 0 aliphatic rings. The third kappa shape index (κ3) is 5.01. The molecular formula is C20H25NO3. The van der Waals surface area contributed by atoms with Crippen LogP contribution in [0, 0.1) is 13.8 Å². The average molecular weight is 327 g/mol. The summed E-state index contributed by atoms with van der Waals surface area (Å²) in [5, 5.41) is 2.92. The Balaban J connectivity index is 1.82. The van der Waals surface area contributed by atoms with Crippen molar-refractivity contribution in [3.63, 3.8) is 0 Å². The van der Waals surface area contributed by atoms with Gasteiger partial charge in [-0.2, -0.15) is 0 Å². The lowest BCUT2D eigenvalue weighted by Gasteiger charge is -2.20. The van der Waals surface area contributed by atoms with E-state index in [9.17, 15) is 4.79 Å². The maximum atomic E-state index is 12.3. The molecule has 0 radical (unpaired) electrons. The Labute approximate surface area is 143 Å². The van der Waals surface area contributed by atoms with Gasteiger partial charge >= 0.3 is 0 Å². The summed E-state index contributed by atoms with van der Waals surface area (Å²) < 4.78 is 11.5. The smallest absolute Gasteiger partial charge is 0.261 e. The largest absolute Gasteiger partial charge is 0.491 e. The maximum absolute atomic E-state index is 12.3. The molecule has 0 aromatic heterocycles. The molecule has 2 unspecified atom stereocenters. The van der Waals surface area contributed by atoms with Gasteiger partial charge < -0.3 is 14.8 Å². The maximum Gasteiger partial charge on any atom is 0.261 e. The first-order valence-corrected chi connectivity index (χ1v) is 8.18. The normalized spacial score (nSPS) is 13.0. The first-order valence-electron chi connectivity index (χ1n) is 8.18. The van der Waals surface area contributed by atoms with E-state index in [2.05, 4.69) is 5.32 Å². The van der Waals surface area contributed by atoms with Gasteiger partial charge in [-0.25, -0.2) is 0 Å². The molecule has 0 aliphatic carbocycles. The van der Waals surface area contributed by atoms with Crippen LogP contribution in [0.2, 0.25) is 0 Å². The van der Waals surface area contributed by atoms with Crippen LogP contribution in [0.4, 0.5) is 0 Å². The SMILES string of the molecule is Cc1ccccc1OCC(C)NC(=O)C(C)Oc1ccccc1C. The van der Waals surface area contributed by atoms with Crippen molar-refractivity contribution in [3.8, 4) is 11.5 Å². The molecule has 2 rings (SSSR count). The molecule has 0 saturated carbocycles. The van der Waals surface area contributed by atoms with Crippen LogP contribution in [-0.4, -0.2) is 24.7 Å². The van der Waals surface area contributed by atoms with Crippen molar-refractivity contribution >= 4 is 5.91 Å². The minimum atomic E-state index is -0.563. The van der Waals surface area contributed by atoms with Gasteiger partial charge in [0, 0.05) is 0 Å². The number of carbonyl (C=O) groups is 1. The predicted molar refractivity (Wildman–Crippen MR) is 95.5 cm³/mol. The summed E-state index contributed by atoms with van der Waals surface area (Å²) in [4.78, 5) is 12.3. The van der Waals surface area contributed by atoms with Crippen molar-refractivity contribution in [2.45, 2.75) is 39.8 Å². The van der Waals surface area contributed by atoms with Crippen LogP contribution in [0.1, 0.15) is 25.0 Å². The fourth-order valence-electron chi connectivity index (χ4n) is 2.27. The highest BCUT2D eigenvalue weighted by Gasteiger charge is 2.18. The second-order valence-electron chi connectivity index (χ2n) is 6.01. The number of nitrogens with one attached hydrogen (secondary N) is 1. The average Bonchev–Trinajstić information content (AvgIpc) is 2.56. The molecule has 0 aliphatic heterocycles. The van der Waals surface area contributed by atoms with E-state index in [1.54, 1.807) is 6.92 Å². The molecule has 0 fully saturated rings. The Kier molecular flexibility index (Phi) is 6.24. The van der Waals surface area contributed by atoms with Crippen molar-refractivity contribution in [1.29, 1.82) is 0 Å². The van der Waals surface area contributed by atoms with E-state index in [-0.39, 0.29) is 11.9 Å². The van der Waals surface area contributed by atoms with Crippen LogP contribution in [0.5, 0.6) is 11.5 Å². The fraction of sp³-hybridized carbons (Fsp3) is 0.350. The summed E-state index contributed by atoms with van der Waals surface area (Å²) >= 11 is 0. The third-order valence-corrected chi connectivity index (χ3v) is 3.74. The summed E-state index contributed by atoms with van der Waals surface area (Å²) in [5.74, 6) is 1.41. The summed E-state index contributed by atoms with van der Waals surface area (Å²) in [6.07, 6.45) is -0.563. The zero-order valence-corrected chi connectivity index (χ0v) is 14.7. The fourth-order valence-corrected chi connectivity index (χ4v) is 2.27. The van der Waals surface area contributed by atoms with Gasteiger partial charge in [0.05, 0.1) is 6.04 Å². The molecule has 0 spiro atoms. The summed E-state index contributed by atoms with van der Waals surface area (Å²) in [6.45, 7) is 8.02. The van der Waals surface area contributed by atoms with Crippen LogP contribution >= 0.6 is 0 Å². The Morgan fingerprint density at radius 3 is 2.08 bits per heavy atom. The number of hydrogen-bond donors (Lipinski definition) is 1. The number of ether oxygens (including phenoxy) is 2. The Bertz CT molecular complexity index is 684. The molecule has 2 atom stereocenters. The summed E-state index contributed by atoms with van der Waals surface area (Å²) in [7, 11) is 0. The number of benzene rings is 2. The molecular weight excluding hydrogens is 302 g/mol. The van der Waals surface area contributed by atoms with Crippen molar-refractivity contribution in [1.82, 2.24) is 5.32 Å². The highest BCUT2D eigenvalue weighted by atomic mass is 16.5. The van der Waals surface area contributed by atoms with Gasteiger partial charge in [0.25, 0.3) is 5.91 Å². The monoisotopic (exact) mass is 327 g/mol. The van der Waals surface area contributed by atoms with Gasteiger partial charge in [0.1, 0.15) is 18.1 Å². The molecule has 1 N–H and O–H groups in total. The van der Waals surface area contributed by atoms with Crippen molar-refractivity contribution < 1.29 is 14.3 Å². The lowest BCUT2D eigenvalue weighted by molar-refractivity contribution is -0.128. The van der Waals surface area contributed by atoms with E-state index in [0.717, 1.165) is 22.6 Å². The number of aryl methyl sites for hydroxylation is 2. The van der Waals surface area contributed by atoms with Gasteiger partial charge in [-0.1, -0.05) is 36.4 Å². The molecule has 4 heteroatoms. The molecule has 24 heavy (non-hydrogen) atoms. The first kappa shape index (κ1) is 17.9. The number of para-hydroxylation sites is 2. The van der Waals surface area contributed by atoms with E-state index in [1.807, 2.05) is 69.3 Å². The number of rotatable bonds is 7. The molecule has 0 heterocycles. The van der Waals surface area contributed by atoms with E-state index in [1.165, 1.54) is 0 Å². The molecule has 2 aromatic carbocycles. The Morgan fingerprint density at radius 2 is 1.50 bits per heavy atom. The summed E-state index contributed by atoms with van der Waals surface area (Å²) in [5.41, 5.74) is 2.08. The number of hydrogen-bond acceptors (Lipinski definition) is 3. The molecule has 1 amide bonds. The lowest BCUT2D eigenvalue weighted by Crippen LogP contribution is -2.43. The zero-order valence-electron chi connectivity index (χ0n) is 14.7. The van der Waals surface area contributed by atoms with Crippen LogP contribution < -0.4 is 14.8 Å². The second kappa shape index (κ2) is 8.39. The van der Waals surface area contributed by atoms with Crippen LogP contribution in [-0.2, 0) is 4.79 Å². The van der Waals surface area contributed by atoms with Gasteiger partial charge in [-0.15, -0.1) is 0 Å². The third-order valence-electron chi connectivity index (χ3n) is 3.74. The van der Waals surface area contributed by atoms with E-state index >= 15 is 0 Å². The van der Waals surface area contributed by atoms with Crippen LogP contribution in [0.25, 0.3) is 0 Å². The molecule has 128 valence electrons. The van der Waals surface area contributed by atoms with Crippen molar-refractivity contribution in [2.75, 3.05) is 6.61 Å². The van der Waals surface area contributed by atoms with E-state index in [0.29, 0.717) is 6.61 Å². The van der Waals surface area contributed by atoms with E-state index < -0.39 is 6.10 Å². The molecule has 0 bridgehead atoms. The Hall–Kier alpha value is -2.49. The minimum absolute atomic E-state index is 0.111. The quantitative estimate of drug-likeness (QED) is 0.844. The topological polar surface area (TPSA) is 47.6 Å². The minimum Gasteiger partial charge on any atom is -0.491 e. The first-order chi connectivity index (χ1) is 11.5. The lowest BCUT2D eigenvalue weighted by atomic mass is 10.2. The molecule has 0 saturated heterocycles. The number of carbonyl (C=O) groups excluding carboxylic acids is 1. The molecule has 4 nitrogen and oxygen atoms in total. The zero-order chi connectivity index (χ0) is 17.5. The van der Waals surface area contributed by atoms with Gasteiger partial charge in [0.15, 0.2) is 6.10 Å². The predicted octanol–water partition coefficient (Wildman–Crippen LogP) is 3.65. The van der Waals surface area contributed by atoms with Crippen molar-refractivity contribution in [3.05, 3.63) is 59.7 Å². The van der Waals surface area contributed by atoms with Gasteiger partial charge in [-0.3, -0.25) is 4.79 Å². The standard InChI is InChI=1S/C20H25NO3/c1-14-9-5-7-11-18(14)23-13-16(3)21-20(22)17(4)24-19-12-8-6-10-15(19)2/h5-12,16-17H,13H2,1-4H3,(H,21,22). The van der Waals surface area contributed by atoms with Gasteiger partial charge in [-0.05, 0) is 51.0 Å². The second-order valence-corrected chi connectivity index (χ2v) is 6.01. The Morgan fingerprint density at radius 1 is 0.958 bits per heavy atom. The molecule has 2 aromatic rings. The highest BCUT2D eigenvalue weighted by Crippen LogP contribution is 2.18. The van der Waals surface area contributed by atoms with Crippen molar-refractivity contribution in [2.24, 2.45) is 0 Å². The van der Waals surface area contributed by atoms with Crippen LogP contribution in [0.15, 0.2) is 48.5 Å². The van der Waals surface area contributed by atoms with Gasteiger partial charge in [0.2, 0.25) is 0 Å².